The van der Waals surface area contributed by atoms with Crippen molar-refractivity contribution in [1.29, 1.82) is 0 Å². The summed E-state index contributed by atoms with van der Waals surface area (Å²) in [5.41, 5.74) is 2.83. The summed E-state index contributed by atoms with van der Waals surface area (Å²) in [5, 5.41) is 25.4. The number of aromatic amines is 1. The summed E-state index contributed by atoms with van der Waals surface area (Å²) in [6.07, 6.45) is -0.557. The normalized spacial score (nSPS) is 19.7. The third-order valence-electron chi connectivity index (χ3n) is 5.82. The molecule has 11 nitrogen and oxygen atoms in total. The second kappa shape index (κ2) is 9.29. The lowest BCUT2D eigenvalue weighted by Crippen LogP contribution is -2.24. The predicted octanol–water partition coefficient (Wildman–Crippen LogP) is 2.13. The fourth-order valence-electron chi connectivity index (χ4n) is 4.13. The van der Waals surface area contributed by atoms with Gasteiger partial charge in [-0.25, -0.2) is 4.98 Å². The Morgan fingerprint density at radius 3 is 2.71 bits per heavy atom. The van der Waals surface area contributed by atoms with E-state index in [0.29, 0.717) is 11.4 Å². The van der Waals surface area contributed by atoms with Gasteiger partial charge < -0.3 is 25.6 Å². The van der Waals surface area contributed by atoms with Crippen molar-refractivity contribution >= 4 is 34.4 Å². The van der Waals surface area contributed by atoms with Crippen LogP contribution in [0, 0.1) is 0 Å². The van der Waals surface area contributed by atoms with Crippen LogP contribution in [-0.4, -0.2) is 54.5 Å². The molecule has 0 aliphatic carbocycles. The van der Waals surface area contributed by atoms with Crippen LogP contribution in [0.25, 0.3) is 22.3 Å². The molecule has 1 amide bonds. The summed E-state index contributed by atoms with van der Waals surface area (Å²) in [7, 11) is 0. The number of amides is 1. The molecular weight excluding hydrogens is 452 g/mol. The van der Waals surface area contributed by atoms with Gasteiger partial charge in [-0.15, -0.1) is 0 Å². The Kier molecular flexibility index (Phi) is 6.03. The lowest BCUT2D eigenvalue weighted by molar-refractivity contribution is -0.114. The number of benzene rings is 2. The number of ether oxygens (including phenoxy) is 1. The van der Waals surface area contributed by atoms with Gasteiger partial charge in [-0.3, -0.25) is 19.1 Å². The maximum absolute atomic E-state index is 12.7. The van der Waals surface area contributed by atoms with Crippen molar-refractivity contribution in [3.8, 4) is 11.1 Å². The zero-order chi connectivity index (χ0) is 24.5. The molecule has 1 saturated heterocycles. The van der Waals surface area contributed by atoms with E-state index in [-0.39, 0.29) is 36.0 Å². The van der Waals surface area contributed by atoms with Crippen molar-refractivity contribution < 1.29 is 19.7 Å². The number of hydrogen-bond donors (Lipinski definition) is 5. The van der Waals surface area contributed by atoms with Gasteiger partial charge in [0, 0.05) is 13.3 Å². The molecule has 4 aromatic rings. The first kappa shape index (κ1) is 22.7. The molecule has 3 heterocycles. The van der Waals surface area contributed by atoms with Gasteiger partial charge >= 0.3 is 0 Å². The maximum atomic E-state index is 12.7. The van der Waals surface area contributed by atoms with Crippen molar-refractivity contribution in [1.82, 2.24) is 19.5 Å². The van der Waals surface area contributed by atoms with Crippen LogP contribution in [0.3, 0.4) is 0 Å². The quantitative estimate of drug-likeness (QED) is 0.284. The zero-order valence-electron chi connectivity index (χ0n) is 18.8. The second-order valence-corrected chi connectivity index (χ2v) is 8.29. The molecular formula is C24H24N6O5. The Bertz CT molecular complexity index is 1430. The van der Waals surface area contributed by atoms with Gasteiger partial charge in [-0.05, 0) is 23.3 Å². The number of nitrogens with one attached hydrogen (secondary N) is 3. The van der Waals surface area contributed by atoms with Crippen molar-refractivity contribution in [2.45, 2.75) is 31.8 Å². The summed E-state index contributed by atoms with van der Waals surface area (Å²) < 4.78 is 7.26. The first-order chi connectivity index (χ1) is 16.9. The van der Waals surface area contributed by atoms with Gasteiger partial charge in [0.2, 0.25) is 11.9 Å². The van der Waals surface area contributed by atoms with Gasteiger partial charge in [0.1, 0.15) is 12.3 Å². The molecule has 5 N–H and O–H groups in total. The smallest absolute Gasteiger partial charge is 0.280 e. The number of imidazole rings is 1. The molecule has 2 aromatic carbocycles. The molecule has 0 radical (unpaired) electrons. The standard InChI is InChI=1S/C24H24N6O5/c1-13(32)26-16-8-7-15(14-5-3-2-4-6-14)9-17(16)27-24-28-22-21(23(34)29-24)25-12-30(22)20-10-18(33)19(11-31)35-20/h2-9,12,18-20,31,33H,10-11H2,1H3,(H,26,32)(H2,27,28,29,34)/t18-,19+,20+/m0/s1. The van der Waals surface area contributed by atoms with Gasteiger partial charge in [0.05, 0.1) is 30.4 Å². The van der Waals surface area contributed by atoms with Crippen LogP contribution < -0.4 is 16.2 Å². The molecule has 0 spiro atoms. The molecule has 2 aromatic heterocycles. The molecule has 1 fully saturated rings. The number of nitrogens with zero attached hydrogens (tertiary/aromatic N) is 3. The fourth-order valence-corrected chi connectivity index (χ4v) is 4.13. The van der Waals surface area contributed by atoms with E-state index in [4.69, 9.17) is 4.74 Å². The van der Waals surface area contributed by atoms with Crippen molar-refractivity contribution in [3.05, 3.63) is 65.2 Å². The first-order valence-electron chi connectivity index (χ1n) is 11.1. The molecule has 35 heavy (non-hydrogen) atoms. The number of fused-ring (bicyclic) bond motifs is 1. The van der Waals surface area contributed by atoms with Crippen molar-refractivity contribution in [3.63, 3.8) is 0 Å². The van der Waals surface area contributed by atoms with Crippen LogP contribution in [0.15, 0.2) is 59.7 Å². The number of aliphatic hydroxyl groups is 2. The average Bonchev–Trinajstić information content (AvgIpc) is 3.43. The summed E-state index contributed by atoms with van der Waals surface area (Å²) in [6, 6.07) is 15.2. The van der Waals surface area contributed by atoms with Gasteiger partial charge in [-0.1, -0.05) is 36.4 Å². The minimum Gasteiger partial charge on any atom is -0.394 e. The SMILES string of the molecule is CC(=O)Nc1ccc(-c2ccccc2)cc1Nc1nc2c(ncn2[C@H]2C[C@H](O)[C@@H](CO)O2)c(=O)[nH]1. The lowest BCUT2D eigenvalue weighted by Gasteiger charge is -2.15. The number of aliphatic hydroxyl groups excluding tert-OH is 2. The Morgan fingerprint density at radius 2 is 2.00 bits per heavy atom. The van der Waals surface area contributed by atoms with Gasteiger partial charge in [-0.2, -0.15) is 4.98 Å². The summed E-state index contributed by atoms with van der Waals surface area (Å²) in [6.45, 7) is 1.09. The molecule has 1 aliphatic rings. The van der Waals surface area contributed by atoms with Crippen LogP contribution in [0.2, 0.25) is 0 Å². The highest BCUT2D eigenvalue weighted by Gasteiger charge is 2.35. The molecule has 0 saturated carbocycles. The largest absolute Gasteiger partial charge is 0.394 e. The fraction of sp³-hybridized carbons (Fsp3) is 0.250. The predicted molar refractivity (Wildman–Crippen MR) is 129 cm³/mol. The lowest BCUT2D eigenvalue weighted by atomic mass is 10.0. The molecule has 5 rings (SSSR count). The topological polar surface area (TPSA) is 154 Å². The van der Waals surface area contributed by atoms with E-state index in [1.165, 1.54) is 13.3 Å². The highest BCUT2D eigenvalue weighted by molar-refractivity contribution is 5.94. The molecule has 3 atom stereocenters. The Balaban J connectivity index is 1.53. The van der Waals surface area contributed by atoms with Gasteiger partial charge in [0.15, 0.2) is 11.2 Å². The number of hydrogen-bond acceptors (Lipinski definition) is 8. The summed E-state index contributed by atoms with van der Waals surface area (Å²) in [4.78, 5) is 35.9. The Morgan fingerprint density at radius 1 is 1.20 bits per heavy atom. The minimum absolute atomic E-state index is 0.112. The third kappa shape index (κ3) is 4.52. The molecule has 180 valence electrons. The minimum atomic E-state index is -0.844. The van der Waals surface area contributed by atoms with Gasteiger partial charge in [0.25, 0.3) is 5.56 Å². The summed E-state index contributed by atoms with van der Waals surface area (Å²) in [5.74, 6) is -0.107. The van der Waals surface area contributed by atoms with E-state index in [9.17, 15) is 19.8 Å². The molecule has 1 aliphatic heterocycles. The number of carbonyl (C=O) groups excluding carboxylic acids is 1. The molecule has 11 heteroatoms. The first-order valence-corrected chi connectivity index (χ1v) is 11.1. The van der Waals surface area contributed by atoms with Crippen LogP contribution in [0.4, 0.5) is 17.3 Å². The van der Waals surface area contributed by atoms with E-state index in [2.05, 4.69) is 25.6 Å². The number of H-pyrrole nitrogens is 1. The van der Waals surface area contributed by atoms with Crippen LogP contribution in [-0.2, 0) is 9.53 Å². The van der Waals surface area contributed by atoms with Crippen LogP contribution >= 0.6 is 0 Å². The van der Waals surface area contributed by atoms with E-state index >= 15 is 0 Å². The highest BCUT2D eigenvalue weighted by atomic mass is 16.5. The van der Waals surface area contributed by atoms with E-state index in [1.54, 1.807) is 10.6 Å². The number of anilines is 3. The van der Waals surface area contributed by atoms with E-state index < -0.39 is 24.0 Å². The van der Waals surface area contributed by atoms with Crippen molar-refractivity contribution in [2.75, 3.05) is 17.2 Å². The highest BCUT2D eigenvalue weighted by Crippen LogP contribution is 2.32. The van der Waals surface area contributed by atoms with Crippen LogP contribution in [0.1, 0.15) is 19.6 Å². The number of carbonyl (C=O) groups is 1. The third-order valence-corrected chi connectivity index (χ3v) is 5.82. The maximum Gasteiger partial charge on any atom is 0.280 e. The number of aromatic nitrogens is 4. The number of rotatable bonds is 6. The Labute approximate surface area is 199 Å². The van der Waals surface area contributed by atoms with Crippen LogP contribution in [0.5, 0.6) is 0 Å². The molecule has 0 unspecified atom stereocenters. The average molecular weight is 476 g/mol. The van der Waals surface area contributed by atoms with Crippen molar-refractivity contribution in [2.24, 2.45) is 0 Å². The van der Waals surface area contributed by atoms with E-state index in [1.807, 2.05) is 42.5 Å². The monoisotopic (exact) mass is 476 g/mol. The summed E-state index contributed by atoms with van der Waals surface area (Å²) >= 11 is 0. The zero-order valence-corrected chi connectivity index (χ0v) is 18.8. The Hall–Kier alpha value is -4.06. The molecule has 0 bridgehead atoms. The van der Waals surface area contributed by atoms with E-state index in [0.717, 1.165) is 11.1 Å². The second-order valence-electron chi connectivity index (χ2n) is 8.29.